The fourth-order valence-electron chi connectivity index (χ4n) is 7.41. The molecule has 0 aromatic rings. The lowest BCUT2D eigenvalue weighted by atomic mass is 9.76. The van der Waals surface area contributed by atoms with Crippen molar-refractivity contribution < 1.29 is 19.4 Å². The molecule has 0 aromatic heterocycles. The molecule has 0 aromatic carbocycles. The van der Waals surface area contributed by atoms with Crippen molar-refractivity contribution in [1.82, 2.24) is 0 Å². The minimum absolute atomic E-state index is 0.0110. The number of ether oxygens (including phenoxy) is 1. The van der Waals surface area contributed by atoms with Crippen LogP contribution in [0.15, 0.2) is 0 Å². The summed E-state index contributed by atoms with van der Waals surface area (Å²) in [5.41, 5.74) is -0.452. The van der Waals surface area contributed by atoms with Gasteiger partial charge in [0.25, 0.3) is 0 Å². The van der Waals surface area contributed by atoms with Gasteiger partial charge in [0.15, 0.2) is 0 Å². The topological polar surface area (TPSA) is 63.6 Å². The number of carbonyl (C=O) groups is 2. The Kier molecular flexibility index (Phi) is 43.5. The van der Waals surface area contributed by atoms with Gasteiger partial charge >= 0.3 is 11.9 Å². The summed E-state index contributed by atoms with van der Waals surface area (Å²) in [6.07, 6.45) is 46.1. The number of rotatable bonds is 40. The van der Waals surface area contributed by atoms with Crippen LogP contribution in [0.2, 0.25) is 0 Å². The quantitative estimate of drug-likeness (QED) is 0.0502. The van der Waals surface area contributed by atoms with Crippen LogP contribution in [0.5, 0.6) is 0 Å². The predicted octanol–water partition coefficient (Wildman–Crippen LogP) is 16.8. The van der Waals surface area contributed by atoms with Gasteiger partial charge in [-0.25, -0.2) is 0 Å². The van der Waals surface area contributed by atoms with Crippen molar-refractivity contribution in [3.8, 4) is 0 Å². The molecule has 4 heteroatoms. The third-order valence-electron chi connectivity index (χ3n) is 11.3. The van der Waals surface area contributed by atoms with Gasteiger partial charge in [-0.1, -0.05) is 241 Å². The molecule has 52 heavy (non-hydrogen) atoms. The maximum absolute atomic E-state index is 11.8. The maximum atomic E-state index is 11.8. The van der Waals surface area contributed by atoms with Crippen molar-refractivity contribution in [3.63, 3.8) is 0 Å². The summed E-state index contributed by atoms with van der Waals surface area (Å²) >= 11 is 0. The summed E-state index contributed by atoms with van der Waals surface area (Å²) in [5.74, 6) is 0.240. The van der Waals surface area contributed by atoms with Gasteiger partial charge in [-0.15, -0.1) is 0 Å². The van der Waals surface area contributed by atoms with Crippen molar-refractivity contribution in [2.75, 3.05) is 6.61 Å². The zero-order valence-electron chi connectivity index (χ0n) is 36.6. The van der Waals surface area contributed by atoms with Gasteiger partial charge in [0.2, 0.25) is 0 Å². The third kappa shape index (κ3) is 38.7. The van der Waals surface area contributed by atoms with Crippen LogP contribution in [0, 0.1) is 11.3 Å². The summed E-state index contributed by atoms with van der Waals surface area (Å²) < 4.78 is 5.32. The lowest BCUT2D eigenvalue weighted by Crippen LogP contribution is -2.30. The number of unbranched alkanes of at least 4 members (excludes halogenated alkanes) is 28. The fraction of sp³-hybridized carbons (Fsp3) is 0.958. The number of carboxylic acids is 1. The summed E-state index contributed by atoms with van der Waals surface area (Å²) in [6, 6.07) is 0. The zero-order valence-corrected chi connectivity index (χ0v) is 36.6. The first-order valence-electron chi connectivity index (χ1n) is 23.7. The van der Waals surface area contributed by atoms with Gasteiger partial charge < -0.3 is 9.84 Å². The van der Waals surface area contributed by atoms with Gasteiger partial charge in [-0.2, -0.15) is 0 Å². The Balaban J connectivity index is 0. The summed E-state index contributed by atoms with van der Waals surface area (Å²) in [6.45, 7) is 14.0. The molecule has 1 N–H and O–H groups in total. The van der Waals surface area contributed by atoms with Gasteiger partial charge in [0.1, 0.15) is 0 Å². The van der Waals surface area contributed by atoms with E-state index in [9.17, 15) is 14.7 Å². The largest absolute Gasteiger partial charge is 0.481 e. The standard InChI is InChI=1S/2C24H48O2/c1-4-5-6-7-8-9-10-11-12-13-14-15-18-21-24(25)26-22-19-16-17-20-23(2)3;1-4-7-9-11-12-13-14-15-16-17-18-20-22-24(6-3,23(25)26)21-19-10-8-5-2/h23H,4-22H2,1-3H3;4-22H2,1-3H3,(H,25,26). The molecule has 0 bridgehead atoms. The van der Waals surface area contributed by atoms with E-state index in [0.29, 0.717) is 13.0 Å². The highest BCUT2D eigenvalue weighted by Crippen LogP contribution is 2.35. The molecule has 0 amide bonds. The molecule has 0 radical (unpaired) electrons. The van der Waals surface area contributed by atoms with Crippen LogP contribution in [-0.2, 0) is 14.3 Å². The summed E-state index contributed by atoms with van der Waals surface area (Å²) in [5, 5.41) is 9.76. The van der Waals surface area contributed by atoms with E-state index in [4.69, 9.17) is 4.74 Å². The SMILES string of the molecule is CCCCCCCCCCCCCCC(CC)(CCCCCC)C(=O)O.CCCCCCCCCCCCCCCC(=O)OCCCCCC(C)C. The average molecular weight is 737 g/mol. The van der Waals surface area contributed by atoms with Crippen LogP contribution >= 0.6 is 0 Å². The van der Waals surface area contributed by atoms with E-state index in [0.717, 1.165) is 50.9 Å². The first kappa shape index (κ1) is 53.0. The Bertz CT molecular complexity index is 719. The van der Waals surface area contributed by atoms with Crippen LogP contribution in [-0.4, -0.2) is 23.7 Å². The van der Waals surface area contributed by atoms with Crippen LogP contribution in [0.1, 0.15) is 279 Å². The van der Waals surface area contributed by atoms with Crippen LogP contribution in [0.3, 0.4) is 0 Å². The van der Waals surface area contributed by atoms with Crippen molar-refractivity contribution in [2.24, 2.45) is 11.3 Å². The van der Waals surface area contributed by atoms with E-state index in [1.165, 1.54) is 186 Å². The molecule has 0 aliphatic rings. The number of esters is 1. The van der Waals surface area contributed by atoms with Crippen molar-refractivity contribution >= 4 is 11.9 Å². The van der Waals surface area contributed by atoms with E-state index in [2.05, 4.69) is 41.5 Å². The van der Waals surface area contributed by atoms with Gasteiger partial charge in [0.05, 0.1) is 12.0 Å². The maximum Gasteiger partial charge on any atom is 0.309 e. The van der Waals surface area contributed by atoms with Gasteiger partial charge in [0, 0.05) is 6.42 Å². The van der Waals surface area contributed by atoms with Crippen molar-refractivity contribution in [3.05, 3.63) is 0 Å². The van der Waals surface area contributed by atoms with E-state index in [1.54, 1.807) is 0 Å². The fourth-order valence-corrected chi connectivity index (χ4v) is 7.41. The molecule has 4 nitrogen and oxygen atoms in total. The monoisotopic (exact) mass is 737 g/mol. The molecule has 0 saturated heterocycles. The molecule has 1 unspecified atom stereocenters. The lowest BCUT2D eigenvalue weighted by Gasteiger charge is -2.28. The second-order valence-electron chi connectivity index (χ2n) is 16.8. The Hall–Kier alpha value is -1.06. The lowest BCUT2D eigenvalue weighted by molar-refractivity contribution is -0.150. The first-order chi connectivity index (χ1) is 25.3. The van der Waals surface area contributed by atoms with Crippen molar-refractivity contribution in [2.45, 2.75) is 279 Å². The summed E-state index contributed by atoms with van der Waals surface area (Å²) in [7, 11) is 0. The second-order valence-corrected chi connectivity index (χ2v) is 16.8. The molecule has 1 atom stereocenters. The smallest absolute Gasteiger partial charge is 0.309 e. The van der Waals surface area contributed by atoms with E-state index in [-0.39, 0.29) is 5.97 Å². The molecule has 0 aliphatic carbocycles. The van der Waals surface area contributed by atoms with E-state index in [1.807, 2.05) is 0 Å². The highest BCUT2D eigenvalue weighted by atomic mass is 16.5. The van der Waals surface area contributed by atoms with E-state index >= 15 is 0 Å². The molecule has 0 fully saturated rings. The molecule has 0 spiro atoms. The van der Waals surface area contributed by atoms with Gasteiger partial charge in [-0.05, 0) is 38.0 Å². The minimum Gasteiger partial charge on any atom is -0.481 e. The number of hydrogen-bond donors (Lipinski definition) is 1. The van der Waals surface area contributed by atoms with Crippen molar-refractivity contribution in [1.29, 1.82) is 0 Å². The van der Waals surface area contributed by atoms with Crippen LogP contribution in [0.25, 0.3) is 0 Å². The molecular formula is C48H96O4. The molecule has 312 valence electrons. The first-order valence-corrected chi connectivity index (χ1v) is 23.7. The molecule has 0 saturated carbocycles. The van der Waals surface area contributed by atoms with Crippen LogP contribution < -0.4 is 0 Å². The third-order valence-corrected chi connectivity index (χ3v) is 11.3. The zero-order chi connectivity index (χ0) is 38.8. The molecule has 0 aliphatic heterocycles. The Labute approximate surface area is 327 Å². The van der Waals surface area contributed by atoms with Gasteiger partial charge in [-0.3, -0.25) is 9.59 Å². The summed E-state index contributed by atoms with van der Waals surface area (Å²) in [4.78, 5) is 23.5. The predicted molar refractivity (Wildman–Crippen MR) is 229 cm³/mol. The van der Waals surface area contributed by atoms with Crippen LogP contribution in [0.4, 0.5) is 0 Å². The molecule has 0 heterocycles. The molecule has 0 rings (SSSR count). The second kappa shape index (κ2) is 42.7. The highest BCUT2D eigenvalue weighted by Gasteiger charge is 2.35. The average Bonchev–Trinajstić information content (AvgIpc) is 3.13. The minimum atomic E-state index is -0.556. The Morgan fingerprint density at radius 2 is 0.788 bits per heavy atom. The van der Waals surface area contributed by atoms with E-state index < -0.39 is 11.4 Å². The number of carbonyl (C=O) groups excluding carboxylic acids is 1. The number of aliphatic carboxylic acids is 1. The highest BCUT2D eigenvalue weighted by molar-refractivity contribution is 5.74. The Morgan fingerprint density at radius 1 is 0.462 bits per heavy atom. The Morgan fingerprint density at radius 3 is 1.13 bits per heavy atom. The number of carboxylic acid groups (broad SMARTS) is 1. The molecular weight excluding hydrogens is 641 g/mol. The normalized spacial score (nSPS) is 12.4. The number of hydrogen-bond acceptors (Lipinski definition) is 3.